The molecule has 1 aliphatic rings. The highest BCUT2D eigenvalue weighted by Crippen LogP contribution is 2.23. The summed E-state index contributed by atoms with van der Waals surface area (Å²) in [5.41, 5.74) is 1.70. The van der Waals surface area contributed by atoms with E-state index in [1.807, 2.05) is 30.3 Å². The van der Waals surface area contributed by atoms with Gasteiger partial charge in [0.05, 0.1) is 7.11 Å². The van der Waals surface area contributed by atoms with Gasteiger partial charge in [-0.05, 0) is 66.1 Å². The molecule has 5 heteroatoms. The van der Waals surface area contributed by atoms with Crippen LogP contribution in [0.15, 0.2) is 60.7 Å². The zero-order valence-corrected chi connectivity index (χ0v) is 15.0. The molecule has 1 saturated carbocycles. The maximum Gasteiger partial charge on any atom is 0.255 e. The van der Waals surface area contributed by atoms with Gasteiger partial charge in [-0.3, -0.25) is 9.59 Å². The molecule has 0 heterocycles. The van der Waals surface area contributed by atoms with Crippen LogP contribution >= 0.6 is 0 Å². The second-order valence-electron chi connectivity index (χ2n) is 6.71. The van der Waals surface area contributed by atoms with Crippen molar-refractivity contribution >= 4 is 28.3 Å². The molecule has 0 spiro atoms. The van der Waals surface area contributed by atoms with Crippen molar-refractivity contribution in [1.82, 2.24) is 5.32 Å². The fourth-order valence-electron chi connectivity index (χ4n) is 2.93. The van der Waals surface area contributed by atoms with Crippen molar-refractivity contribution in [2.75, 3.05) is 12.4 Å². The second-order valence-corrected chi connectivity index (χ2v) is 6.71. The minimum absolute atomic E-state index is 0.103. The predicted molar refractivity (Wildman–Crippen MR) is 105 cm³/mol. The molecular formula is C22H20N2O3. The van der Waals surface area contributed by atoms with Crippen LogP contribution in [-0.4, -0.2) is 25.0 Å². The van der Waals surface area contributed by atoms with E-state index in [1.165, 1.54) is 0 Å². The van der Waals surface area contributed by atoms with Crippen molar-refractivity contribution < 1.29 is 14.3 Å². The van der Waals surface area contributed by atoms with Gasteiger partial charge < -0.3 is 15.4 Å². The van der Waals surface area contributed by atoms with Gasteiger partial charge in [-0.1, -0.05) is 18.2 Å². The zero-order chi connectivity index (χ0) is 18.8. The van der Waals surface area contributed by atoms with Gasteiger partial charge in [0.25, 0.3) is 11.8 Å². The smallest absolute Gasteiger partial charge is 0.255 e. The average molecular weight is 360 g/mol. The summed E-state index contributed by atoms with van der Waals surface area (Å²) in [6.45, 7) is 0. The Kier molecular flexibility index (Phi) is 4.50. The van der Waals surface area contributed by atoms with Crippen LogP contribution in [0, 0.1) is 0 Å². The van der Waals surface area contributed by atoms with Crippen LogP contribution in [0.4, 0.5) is 5.69 Å². The maximum atomic E-state index is 12.6. The summed E-state index contributed by atoms with van der Waals surface area (Å²) in [4.78, 5) is 24.8. The van der Waals surface area contributed by atoms with E-state index in [1.54, 1.807) is 37.4 Å². The molecular weight excluding hydrogens is 340 g/mol. The Labute approximate surface area is 157 Å². The van der Waals surface area contributed by atoms with E-state index >= 15 is 0 Å². The largest absolute Gasteiger partial charge is 0.497 e. The van der Waals surface area contributed by atoms with Crippen LogP contribution in [0.3, 0.4) is 0 Å². The Balaban J connectivity index is 1.51. The number of carbonyl (C=O) groups excluding carboxylic acids is 2. The van der Waals surface area contributed by atoms with E-state index < -0.39 is 0 Å². The van der Waals surface area contributed by atoms with E-state index in [-0.39, 0.29) is 11.8 Å². The van der Waals surface area contributed by atoms with Gasteiger partial charge >= 0.3 is 0 Å². The SMILES string of the molecule is COc1ccc2cc(C(=O)Nc3cccc(C(=O)NC4CC4)c3)ccc2c1. The Hall–Kier alpha value is -3.34. The molecule has 27 heavy (non-hydrogen) atoms. The molecule has 1 aliphatic carbocycles. The summed E-state index contributed by atoms with van der Waals surface area (Å²) >= 11 is 0. The van der Waals surface area contributed by atoms with Crippen molar-refractivity contribution in [3.05, 3.63) is 71.8 Å². The summed E-state index contributed by atoms with van der Waals surface area (Å²) in [7, 11) is 1.63. The molecule has 0 radical (unpaired) electrons. The van der Waals surface area contributed by atoms with Crippen LogP contribution in [0.25, 0.3) is 10.8 Å². The van der Waals surface area contributed by atoms with Crippen LogP contribution < -0.4 is 15.4 Å². The summed E-state index contributed by atoms with van der Waals surface area (Å²) in [6.07, 6.45) is 2.08. The Morgan fingerprint density at radius 3 is 2.41 bits per heavy atom. The molecule has 0 aliphatic heterocycles. The molecule has 4 rings (SSSR count). The van der Waals surface area contributed by atoms with Crippen molar-refractivity contribution in [3.8, 4) is 5.75 Å². The first-order valence-electron chi connectivity index (χ1n) is 8.92. The fraction of sp³-hybridized carbons (Fsp3) is 0.182. The number of amides is 2. The van der Waals surface area contributed by atoms with Crippen LogP contribution in [0.5, 0.6) is 5.75 Å². The molecule has 3 aromatic carbocycles. The monoisotopic (exact) mass is 360 g/mol. The quantitative estimate of drug-likeness (QED) is 0.723. The number of hydrogen-bond acceptors (Lipinski definition) is 3. The van der Waals surface area contributed by atoms with Gasteiger partial charge in [0.1, 0.15) is 5.75 Å². The van der Waals surface area contributed by atoms with Crippen LogP contribution in [0.2, 0.25) is 0 Å². The molecule has 0 saturated heterocycles. The number of ether oxygens (including phenoxy) is 1. The first-order chi connectivity index (χ1) is 13.1. The van der Waals surface area contributed by atoms with E-state index in [9.17, 15) is 9.59 Å². The number of fused-ring (bicyclic) bond motifs is 1. The first-order valence-corrected chi connectivity index (χ1v) is 8.92. The standard InChI is InChI=1S/C22H20N2O3/c1-27-20-10-7-14-11-17(6-5-15(14)13-20)22(26)24-19-4-2-3-16(12-19)21(25)23-18-8-9-18/h2-7,10-13,18H,8-9H2,1H3,(H,23,25)(H,24,26). The van der Waals surface area contributed by atoms with E-state index in [0.717, 1.165) is 29.4 Å². The highest BCUT2D eigenvalue weighted by molar-refractivity contribution is 6.07. The summed E-state index contributed by atoms with van der Waals surface area (Å²) < 4.78 is 5.23. The molecule has 1 fully saturated rings. The molecule has 2 amide bonds. The van der Waals surface area contributed by atoms with Gasteiger partial charge in [-0.2, -0.15) is 0 Å². The normalized spacial score (nSPS) is 13.2. The lowest BCUT2D eigenvalue weighted by molar-refractivity contribution is 0.0949. The van der Waals surface area contributed by atoms with Crippen molar-refractivity contribution in [2.45, 2.75) is 18.9 Å². The number of methoxy groups -OCH3 is 1. The number of nitrogens with one attached hydrogen (secondary N) is 2. The fourth-order valence-corrected chi connectivity index (χ4v) is 2.93. The van der Waals surface area contributed by atoms with Gasteiger partial charge in [-0.25, -0.2) is 0 Å². The Bertz CT molecular complexity index is 1020. The maximum absolute atomic E-state index is 12.6. The minimum atomic E-state index is -0.215. The number of anilines is 1. The molecule has 136 valence electrons. The van der Waals surface area contributed by atoms with Crippen molar-refractivity contribution in [3.63, 3.8) is 0 Å². The summed E-state index contributed by atoms with van der Waals surface area (Å²) in [5.74, 6) is 0.460. The van der Waals surface area contributed by atoms with Gasteiger partial charge in [0.15, 0.2) is 0 Å². The lowest BCUT2D eigenvalue weighted by Crippen LogP contribution is -2.25. The molecule has 5 nitrogen and oxygen atoms in total. The van der Waals surface area contributed by atoms with Gasteiger partial charge in [0.2, 0.25) is 0 Å². The number of rotatable bonds is 5. The van der Waals surface area contributed by atoms with Crippen molar-refractivity contribution in [2.24, 2.45) is 0 Å². The number of hydrogen-bond donors (Lipinski definition) is 2. The third kappa shape index (κ3) is 3.92. The average Bonchev–Trinajstić information content (AvgIpc) is 3.51. The Morgan fingerprint density at radius 2 is 1.63 bits per heavy atom. The Morgan fingerprint density at radius 1 is 0.889 bits per heavy atom. The predicted octanol–water partition coefficient (Wildman–Crippen LogP) is 3.99. The van der Waals surface area contributed by atoms with Gasteiger partial charge in [-0.15, -0.1) is 0 Å². The minimum Gasteiger partial charge on any atom is -0.497 e. The molecule has 0 aromatic heterocycles. The first kappa shape index (κ1) is 17.1. The second kappa shape index (κ2) is 7.11. The number of benzene rings is 3. The molecule has 3 aromatic rings. The van der Waals surface area contributed by atoms with Crippen LogP contribution in [0.1, 0.15) is 33.6 Å². The highest BCUT2D eigenvalue weighted by atomic mass is 16.5. The molecule has 0 bridgehead atoms. The highest BCUT2D eigenvalue weighted by Gasteiger charge is 2.23. The zero-order valence-electron chi connectivity index (χ0n) is 15.0. The molecule has 2 N–H and O–H groups in total. The molecule has 0 atom stereocenters. The topological polar surface area (TPSA) is 67.4 Å². The van der Waals surface area contributed by atoms with E-state index in [4.69, 9.17) is 4.74 Å². The third-order valence-corrected chi connectivity index (χ3v) is 4.60. The van der Waals surface area contributed by atoms with E-state index in [0.29, 0.717) is 22.9 Å². The van der Waals surface area contributed by atoms with Gasteiger partial charge in [0, 0.05) is 22.9 Å². The third-order valence-electron chi connectivity index (χ3n) is 4.60. The van der Waals surface area contributed by atoms with Crippen LogP contribution in [-0.2, 0) is 0 Å². The lowest BCUT2D eigenvalue weighted by atomic mass is 10.1. The van der Waals surface area contributed by atoms with Crippen molar-refractivity contribution in [1.29, 1.82) is 0 Å². The molecule has 0 unspecified atom stereocenters. The van der Waals surface area contributed by atoms with E-state index in [2.05, 4.69) is 10.6 Å². The lowest BCUT2D eigenvalue weighted by Gasteiger charge is -2.09. The number of carbonyl (C=O) groups is 2. The summed E-state index contributed by atoms with van der Waals surface area (Å²) in [6, 6.07) is 18.5. The summed E-state index contributed by atoms with van der Waals surface area (Å²) in [5, 5.41) is 7.78.